The number of H-pyrrole nitrogens is 1. The fourth-order valence-corrected chi connectivity index (χ4v) is 8.95. The number of aromatic amines is 1. The van der Waals surface area contributed by atoms with Crippen molar-refractivity contribution in [2.75, 3.05) is 0 Å². The van der Waals surface area contributed by atoms with Crippen LogP contribution in [0.5, 0.6) is 5.75 Å². The van der Waals surface area contributed by atoms with Gasteiger partial charge in [0.25, 0.3) is 5.69 Å². The molecule has 2 saturated carbocycles. The average molecular weight is 481 g/mol. The Labute approximate surface area is 199 Å². The van der Waals surface area contributed by atoms with Gasteiger partial charge in [0.1, 0.15) is 12.4 Å². The molecule has 3 aromatic rings. The molecule has 2 aliphatic carbocycles. The van der Waals surface area contributed by atoms with Crippen molar-refractivity contribution in [1.82, 2.24) is 4.98 Å². The van der Waals surface area contributed by atoms with Gasteiger partial charge in [-0.3, -0.25) is 14.9 Å². The van der Waals surface area contributed by atoms with E-state index >= 15 is 0 Å². The van der Waals surface area contributed by atoms with E-state index in [0.29, 0.717) is 35.4 Å². The zero-order chi connectivity index (χ0) is 22.7. The van der Waals surface area contributed by atoms with Crippen LogP contribution in [0.25, 0.3) is 0 Å². The maximum Gasteiger partial charge on any atom is 0.305 e. The van der Waals surface area contributed by atoms with Crippen molar-refractivity contribution < 1.29 is 9.66 Å². The quantitative estimate of drug-likeness (QED) is 0.364. The molecule has 3 aliphatic rings. The number of benzene rings is 2. The number of aromatic nitrogens is 1. The third-order valence-corrected chi connectivity index (χ3v) is 10.1. The summed E-state index contributed by atoms with van der Waals surface area (Å²) >= 11 is 3.07. The van der Waals surface area contributed by atoms with Crippen LogP contribution >= 0.6 is 23.1 Å². The fraction of sp³-hybridized carbons (Fsp3) is 0.400. The van der Waals surface area contributed by atoms with Gasteiger partial charge >= 0.3 is 4.87 Å². The Balaban J connectivity index is 1.44. The Bertz CT molecular complexity index is 1280. The number of thiazole rings is 1. The second-order valence-electron chi connectivity index (χ2n) is 9.43. The van der Waals surface area contributed by atoms with E-state index in [4.69, 9.17) is 4.74 Å². The molecule has 170 valence electrons. The summed E-state index contributed by atoms with van der Waals surface area (Å²) in [5, 5.41) is 13.1. The van der Waals surface area contributed by atoms with Crippen LogP contribution in [0.15, 0.2) is 52.3 Å². The molecule has 1 aliphatic heterocycles. The van der Waals surface area contributed by atoms with Gasteiger partial charge in [-0.1, -0.05) is 41.2 Å². The third-order valence-electron chi connectivity index (χ3n) is 7.52. The summed E-state index contributed by atoms with van der Waals surface area (Å²) in [6.45, 7) is 2.44. The summed E-state index contributed by atoms with van der Waals surface area (Å²) in [5.41, 5.74) is 3.14. The lowest BCUT2D eigenvalue weighted by Gasteiger charge is -2.40. The highest BCUT2D eigenvalue weighted by Crippen LogP contribution is 2.64. The number of nitrogens with one attached hydrogen (secondary N) is 1. The highest BCUT2D eigenvalue weighted by atomic mass is 32.2. The minimum absolute atomic E-state index is 0.0570. The highest BCUT2D eigenvalue weighted by molar-refractivity contribution is 8.00. The van der Waals surface area contributed by atoms with Crippen molar-refractivity contribution in [1.29, 1.82) is 0 Å². The standard InChI is InChI=1S/C25H24N2O4S2/c1-13-2-4-14(5-3-13)12-31-19-9-8-17(27(29)30)11-18(19)21-20-15-6-7-16(10-15)22(20)32-24-23(21)33-25(28)26-24/h2-5,8-9,11,15-16,20-22H,6-7,10,12H2,1H3,(H,26,28)/t15-,16-,20-,21-,22-/m1/s1. The first-order valence-electron chi connectivity index (χ1n) is 11.3. The number of hydrogen-bond acceptors (Lipinski definition) is 6. The maximum atomic E-state index is 12.3. The first-order valence-corrected chi connectivity index (χ1v) is 13.0. The van der Waals surface area contributed by atoms with Crippen LogP contribution in [0, 0.1) is 34.8 Å². The Morgan fingerprint density at radius 1 is 1.15 bits per heavy atom. The Morgan fingerprint density at radius 2 is 1.94 bits per heavy atom. The molecule has 0 radical (unpaired) electrons. The SMILES string of the molecule is Cc1ccc(COc2ccc([N+](=O)[O-])cc2[C@H]2c3sc(=O)[nH]c3S[C@@H]3[C@@H]4CC[C@H](C4)[C@H]23)cc1. The number of fused-ring (bicyclic) bond motifs is 6. The molecule has 33 heavy (non-hydrogen) atoms. The molecule has 0 spiro atoms. The van der Waals surface area contributed by atoms with Crippen LogP contribution < -0.4 is 9.61 Å². The third kappa shape index (κ3) is 3.60. The summed E-state index contributed by atoms with van der Waals surface area (Å²) in [6.07, 6.45) is 3.65. The molecule has 2 heterocycles. The molecule has 1 aromatic heterocycles. The van der Waals surface area contributed by atoms with E-state index in [-0.39, 0.29) is 21.4 Å². The summed E-state index contributed by atoms with van der Waals surface area (Å²) in [5.74, 6) is 2.23. The van der Waals surface area contributed by atoms with Gasteiger partial charge in [-0.2, -0.15) is 0 Å². The van der Waals surface area contributed by atoms with E-state index in [0.717, 1.165) is 21.0 Å². The molecular formula is C25H24N2O4S2. The molecule has 0 unspecified atom stereocenters. The van der Waals surface area contributed by atoms with Gasteiger partial charge in [-0.05, 0) is 55.6 Å². The summed E-state index contributed by atoms with van der Waals surface area (Å²) in [4.78, 5) is 27.7. The van der Waals surface area contributed by atoms with E-state index in [1.807, 2.05) is 30.8 Å². The number of hydrogen-bond donors (Lipinski definition) is 1. The predicted octanol–water partition coefficient (Wildman–Crippen LogP) is 5.88. The molecule has 2 bridgehead atoms. The summed E-state index contributed by atoms with van der Waals surface area (Å²) in [7, 11) is 0. The van der Waals surface area contributed by atoms with Gasteiger partial charge in [-0.15, -0.1) is 11.8 Å². The molecule has 6 nitrogen and oxygen atoms in total. The molecule has 1 N–H and O–H groups in total. The minimum Gasteiger partial charge on any atom is -0.489 e. The largest absolute Gasteiger partial charge is 0.489 e. The number of aryl methyl sites for hydroxylation is 1. The van der Waals surface area contributed by atoms with Crippen LogP contribution in [0.4, 0.5) is 5.69 Å². The van der Waals surface area contributed by atoms with E-state index < -0.39 is 0 Å². The zero-order valence-electron chi connectivity index (χ0n) is 18.2. The number of non-ortho nitro benzene ring substituents is 1. The van der Waals surface area contributed by atoms with Gasteiger partial charge in [0.2, 0.25) is 0 Å². The first-order chi connectivity index (χ1) is 16.0. The van der Waals surface area contributed by atoms with Gasteiger partial charge in [0, 0.05) is 33.7 Å². The second kappa shape index (κ2) is 8.02. The van der Waals surface area contributed by atoms with Crippen LogP contribution in [0.2, 0.25) is 0 Å². The van der Waals surface area contributed by atoms with E-state index in [1.165, 1.54) is 42.2 Å². The highest BCUT2D eigenvalue weighted by Gasteiger charge is 2.55. The monoisotopic (exact) mass is 480 g/mol. The van der Waals surface area contributed by atoms with E-state index in [2.05, 4.69) is 17.1 Å². The van der Waals surface area contributed by atoms with Crippen LogP contribution in [0.1, 0.15) is 46.7 Å². The Hall–Kier alpha value is -2.58. The van der Waals surface area contributed by atoms with Crippen molar-refractivity contribution in [2.45, 2.75) is 49.0 Å². The Morgan fingerprint density at radius 3 is 2.73 bits per heavy atom. The van der Waals surface area contributed by atoms with Crippen molar-refractivity contribution in [3.63, 3.8) is 0 Å². The minimum atomic E-state index is -0.344. The molecule has 2 aromatic carbocycles. The van der Waals surface area contributed by atoms with Gasteiger partial charge < -0.3 is 9.72 Å². The van der Waals surface area contributed by atoms with Gasteiger partial charge in [0.05, 0.1) is 9.95 Å². The van der Waals surface area contributed by atoms with Crippen molar-refractivity contribution in [3.05, 3.63) is 83.8 Å². The molecule has 8 heteroatoms. The lowest BCUT2D eigenvalue weighted by molar-refractivity contribution is -0.385. The Kier molecular flexibility index (Phi) is 5.10. The molecule has 6 rings (SSSR count). The molecule has 0 amide bonds. The summed E-state index contributed by atoms with van der Waals surface area (Å²) in [6, 6.07) is 13.1. The molecule has 0 saturated heterocycles. The number of nitro benzene ring substituents is 1. The van der Waals surface area contributed by atoms with Crippen LogP contribution in [-0.4, -0.2) is 15.2 Å². The average Bonchev–Trinajstić information content (AvgIpc) is 3.51. The van der Waals surface area contributed by atoms with Crippen molar-refractivity contribution in [3.8, 4) is 5.75 Å². The van der Waals surface area contributed by atoms with Crippen molar-refractivity contribution in [2.24, 2.45) is 17.8 Å². The number of nitrogens with zero attached hydrogens (tertiary/aromatic N) is 1. The smallest absolute Gasteiger partial charge is 0.305 e. The fourth-order valence-electron chi connectivity index (χ4n) is 6.07. The normalized spacial score (nSPS) is 27.2. The molecule has 5 atom stereocenters. The zero-order valence-corrected chi connectivity index (χ0v) is 19.8. The van der Waals surface area contributed by atoms with Crippen LogP contribution in [-0.2, 0) is 6.61 Å². The maximum absolute atomic E-state index is 12.3. The number of ether oxygens (including phenoxy) is 1. The van der Waals surface area contributed by atoms with Gasteiger partial charge in [-0.25, -0.2) is 0 Å². The summed E-state index contributed by atoms with van der Waals surface area (Å²) < 4.78 is 6.29. The molecule has 2 fully saturated rings. The molecular weight excluding hydrogens is 456 g/mol. The van der Waals surface area contributed by atoms with Gasteiger partial charge in [0.15, 0.2) is 0 Å². The topological polar surface area (TPSA) is 85.2 Å². The lowest BCUT2D eigenvalue weighted by Crippen LogP contribution is -2.33. The number of rotatable bonds is 5. The van der Waals surface area contributed by atoms with Crippen molar-refractivity contribution >= 4 is 28.8 Å². The van der Waals surface area contributed by atoms with E-state index in [1.54, 1.807) is 12.1 Å². The number of thioether (sulfide) groups is 1. The lowest BCUT2D eigenvalue weighted by atomic mass is 9.74. The second-order valence-corrected chi connectivity index (χ2v) is 11.6. The predicted molar refractivity (Wildman–Crippen MR) is 129 cm³/mol. The number of nitro groups is 1. The first kappa shape index (κ1) is 21.0. The van der Waals surface area contributed by atoms with E-state index in [9.17, 15) is 14.9 Å². The van der Waals surface area contributed by atoms with Crippen LogP contribution in [0.3, 0.4) is 0 Å².